The van der Waals surface area contributed by atoms with Crippen molar-refractivity contribution in [2.24, 2.45) is 5.92 Å². The molecule has 3 rings (SSSR count). The number of nitrogens with two attached hydrogens (primary N) is 1. The number of aromatic nitrogens is 2. The molecule has 1 aliphatic rings. The third kappa shape index (κ3) is 1.90. The zero-order valence-electron chi connectivity index (χ0n) is 9.67. The lowest BCUT2D eigenvalue weighted by atomic mass is 9.86. The third-order valence-corrected chi connectivity index (χ3v) is 5.50. The Bertz CT molecular complexity index is 669. The quantitative estimate of drug-likeness (QED) is 0.879. The van der Waals surface area contributed by atoms with E-state index in [-0.39, 0.29) is 10.8 Å². The van der Waals surface area contributed by atoms with Gasteiger partial charge in [0.1, 0.15) is 0 Å². The van der Waals surface area contributed by atoms with Crippen molar-refractivity contribution in [2.45, 2.75) is 24.3 Å². The SMILES string of the molecule is Nc1nc2sccn2c1S(=O)(=O)NCC1CCC1. The first-order valence-corrected chi connectivity index (χ1v) is 8.15. The molecule has 0 radical (unpaired) electrons. The molecular weight excluding hydrogens is 272 g/mol. The molecule has 98 valence electrons. The van der Waals surface area contributed by atoms with E-state index < -0.39 is 10.0 Å². The number of nitrogens with zero attached hydrogens (tertiary/aromatic N) is 2. The minimum Gasteiger partial charge on any atom is -0.381 e. The third-order valence-electron chi connectivity index (χ3n) is 3.28. The molecule has 18 heavy (non-hydrogen) atoms. The van der Waals surface area contributed by atoms with Gasteiger partial charge in [-0.25, -0.2) is 18.1 Å². The fraction of sp³-hybridized carbons (Fsp3) is 0.500. The van der Waals surface area contributed by atoms with Gasteiger partial charge < -0.3 is 5.73 Å². The number of nitrogens with one attached hydrogen (secondary N) is 1. The topological polar surface area (TPSA) is 89.5 Å². The van der Waals surface area contributed by atoms with Crippen molar-refractivity contribution in [1.82, 2.24) is 14.1 Å². The second-order valence-electron chi connectivity index (χ2n) is 4.51. The second-order valence-corrected chi connectivity index (χ2v) is 7.06. The van der Waals surface area contributed by atoms with Gasteiger partial charge in [0.25, 0.3) is 10.0 Å². The van der Waals surface area contributed by atoms with E-state index in [1.807, 2.05) is 0 Å². The smallest absolute Gasteiger partial charge is 0.260 e. The van der Waals surface area contributed by atoms with Gasteiger partial charge in [0.15, 0.2) is 15.8 Å². The molecule has 2 heterocycles. The first-order chi connectivity index (χ1) is 8.58. The summed E-state index contributed by atoms with van der Waals surface area (Å²) in [6.07, 6.45) is 5.05. The Hall–Kier alpha value is -1.12. The van der Waals surface area contributed by atoms with Crippen LogP contribution in [0.15, 0.2) is 16.6 Å². The average molecular weight is 286 g/mol. The van der Waals surface area contributed by atoms with E-state index in [4.69, 9.17) is 5.73 Å². The number of fused-ring (bicyclic) bond motifs is 1. The van der Waals surface area contributed by atoms with Crippen molar-refractivity contribution in [3.05, 3.63) is 11.6 Å². The number of rotatable bonds is 4. The van der Waals surface area contributed by atoms with E-state index in [2.05, 4.69) is 9.71 Å². The first kappa shape index (κ1) is 11.9. The van der Waals surface area contributed by atoms with Gasteiger partial charge in [-0.05, 0) is 18.8 Å². The zero-order valence-corrected chi connectivity index (χ0v) is 11.3. The van der Waals surface area contributed by atoms with Gasteiger partial charge in [0.05, 0.1) is 0 Å². The minimum atomic E-state index is -3.58. The molecule has 1 fully saturated rings. The molecule has 0 atom stereocenters. The Balaban J connectivity index is 1.91. The van der Waals surface area contributed by atoms with Crippen molar-refractivity contribution >= 4 is 32.1 Å². The molecule has 0 aliphatic heterocycles. The van der Waals surface area contributed by atoms with Crippen molar-refractivity contribution in [2.75, 3.05) is 12.3 Å². The van der Waals surface area contributed by atoms with Crippen LogP contribution in [0.25, 0.3) is 4.96 Å². The largest absolute Gasteiger partial charge is 0.381 e. The van der Waals surface area contributed by atoms with Crippen LogP contribution in [0.1, 0.15) is 19.3 Å². The molecule has 1 aliphatic carbocycles. The van der Waals surface area contributed by atoms with E-state index in [0.717, 1.165) is 12.8 Å². The molecule has 0 bridgehead atoms. The maximum Gasteiger partial charge on any atom is 0.260 e. The second kappa shape index (κ2) is 4.22. The number of hydrogen-bond acceptors (Lipinski definition) is 5. The predicted molar refractivity (Wildman–Crippen MR) is 70.0 cm³/mol. The number of hydrogen-bond donors (Lipinski definition) is 2. The van der Waals surface area contributed by atoms with Gasteiger partial charge in [-0.15, -0.1) is 11.3 Å². The molecule has 6 nitrogen and oxygen atoms in total. The van der Waals surface area contributed by atoms with Crippen LogP contribution in [-0.2, 0) is 10.0 Å². The van der Waals surface area contributed by atoms with Gasteiger partial charge >= 0.3 is 0 Å². The highest BCUT2D eigenvalue weighted by molar-refractivity contribution is 7.89. The Morgan fingerprint density at radius 3 is 3.00 bits per heavy atom. The highest BCUT2D eigenvalue weighted by Crippen LogP contribution is 2.27. The van der Waals surface area contributed by atoms with Gasteiger partial charge in [-0.1, -0.05) is 6.42 Å². The number of nitrogen functional groups attached to an aromatic ring is 1. The van der Waals surface area contributed by atoms with Crippen molar-refractivity contribution in [3.8, 4) is 0 Å². The van der Waals surface area contributed by atoms with Crippen LogP contribution >= 0.6 is 11.3 Å². The maximum absolute atomic E-state index is 12.2. The molecule has 0 unspecified atom stereocenters. The Morgan fingerprint density at radius 1 is 1.56 bits per heavy atom. The standard InChI is InChI=1S/C10H14N4O2S2/c11-8-9(14-4-5-17-10(14)13-8)18(15,16)12-6-7-2-1-3-7/h4-5,7,12H,1-3,6,11H2. The average Bonchev–Trinajstić information content (AvgIpc) is 2.73. The highest BCUT2D eigenvalue weighted by atomic mass is 32.2. The molecule has 3 N–H and O–H groups in total. The fourth-order valence-electron chi connectivity index (χ4n) is 2.04. The van der Waals surface area contributed by atoms with Crippen LogP contribution in [0.5, 0.6) is 0 Å². The lowest BCUT2D eigenvalue weighted by Crippen LogP contribution is -2.33. The van der Waals surface area contributed by atoms with Crippen molar-refractivity contribution < 1.29 is 8.42 Å². The van der Waals surface area contributed by atoms with Crippen LogP contribution < -0.4 is 10.5 Å². The molecule has 0 aromatic carbocycles. The van der Waals surface area contributed by atoms with Gasteiger partial charge in [0.2, 0.25) is 0 Å². The lowest BCUT2D eigenvalue weighted by molar-refractivity contribution is 0.316. The summed E-state index contributed by atoms with van der Waals surface area (Å²) in [6.45, 7) is 0.485. The normalized spacial score (nSPS) is 17.1. The van der Waals surface area contributed by atoms with Crippen LogP contribution in [0.2, 0.25) is 0 Å². The molecule has 0 spiro atoms. The fourth-order valence-corrected chi connectivity index (χ4v) is 4.14. The lowest BCUT2D eigenvalue weighted by Gasteiger charge is -2.25. The zero-order chi connectivity index (χ0) is 12.8. The van der Waals surface area contributed by atoms with Gasteiger partial charge in [-0.2, -0.15) is 0 Å². The summed E-state index contributed by atoms with van der Waals surface area (Å²) in [5.41, 5.74) is 5.69. The molecule has 0 amide bonds. The molecule has 1 saturated carbocycles. The molecule has 2 aromatic rings. The van der Waals surface area contributed by atoms with Gasteiger partial charge in [0, 0.05) is 18.1 Å². The van der Waals surface area contributed by atoms with E-state index in [9.17, 15) is 8.42 Å². The van der Waals surface area contributed by atoms with Crippen LogP contribution in [-0.4, -0.2) is 24.3 Å². The minimum absolute atomic E-state index is 0.0538. The maximum atomic E-state index is 12.2. The van der Waals surface area contributed by atoms with Crippen LogP contribution in [0, 0.1) is 5.92 Å². The summed E-state index contributed by atoms with van der Waals surface area (Å²) in [6, 6.07) is 0. The van der Waals surface area contributed by atoms with Gasteiger partial charge in [-0.3, -0.25) is 4.40 Å². The van der Waals surface area contributed by atoms with Crippen LogP contribution in [0.3, 0.4) is 0 Å². The van der Waals surface area contributed by atoms with E-state index >= 15 is 0 Å². The molecule has 0 saturated heterocycles. The summed E-state index contributed by atoms with van der Waals surface area (Å²) < 4.78 is 28.6. The van der Waals surface area contributed by atoms with Crippen molar-refractivity contribution in [1.29, 1.82) is 0 Å². The van der Waals surface area contributed by atoms with Crippen LogP contribution in [0.4, 0.5) is 5.82 Å². The number of imidazole rings is 1. The summed E-state index contributed by atoms with van der Waals surface area (Å²) in [7, 11) is -3.58. The summed E-state index contributed by atoms with van der Waals surface area (Å²) >= 11 is 1.36. The van der Waals surface area contributed by atoms with E-state index in [0.29, 0.717) is 17.4 Å². The molecular formula is C10H14N4O2S2. The first-order valence-electron chi connectivity index (χ1n) is 5.78. The van der Waals surface area contributed by atoms with E-state index in [1.54, 1.807) is 11.6 Å². The Morgan fingerprint density at radius 2 is 2.33 bits per heavy atom. The van der Waals surface area contributed by atoms with E-state index in [1.165, 1.54) is 22.2 Å². The molecule has 2 aromatic heterocycles. The number of anilines is 1. The Kier molecular flexibility index (Phi) is 2.80. The summed E-state index contributed by atoms with van der Waals surface area (Å²) in [4.78, 5) is 4.63. The van der Waals surface area contributed by atoms with Crippen molar-refractivity contribution in [3.63, 3.8) is 0 Å². The monoisotopic (exact) mass is 286 g/mol. The summed E-state index contributed by atoms with van der Waals surface area (Å²) in [5.74, 6) is 0.523. The number of sulfonamides is 1. The highest BCUT2D eigenvalue weighted by Gasteiger charge is 2.26. The predicted octanol–water partition coefficient (Wildman–Crippen LogP) is 1.06. The summed E-state index contributed by atoms with van der Waals surface area (Å²) in [5, 5.41) is 1.84. The Labute approximate surface area is 109 Å². The number of thiazole rings is 1. The molecule has 8 heteroatoms.